The van der Waals surface area contributed by atoms with Crippen molar-refractivity contribution in [3.63, 3.8) is 0 Å². The molecule has 1 aromatic rings. The van der Waals surface area contributed by atoms with Crippen molar-refractivity contribution in [1.82, 2.24) is 4.90 Å². The minimum atomic E-state index is -0.00284. The summed E-state index contributed by atoms with van der Waals surface area (Å²) in [6.45, 7) is 8.42. The number of carbonyl (C=O) groups is 1. The fraction of sp³-hybridized carbons (Fsp3) is 0.611. The first-order valence-corrected chi connectivity index (χ1v) is 8.18. The van der Waals surface area contributed by atoms with Crippen LogP contribution in [0.4, 0.5) is 0 Å². The van der Waals surface area contributed by atoms with Crippen molar-refractivity contribution in [3.8, 4) is 5.75 Å². The Bertz CT molecular complexity index is 519. The minimum Gasteiger partial charge on any atom is -0.494 e. The van der Waals surface area contributed by atoms with Gasteiger partial charge in [0.15, 0.2) is 0 Å². The van der Waals surface area contributed by atoms with Crippen LogP contribution in [0, 0.1) is 5.41 Å². The number of nitrogens with zero attached hydrogens (tertiary/aromatic N) is 1. The van der Waals surface area contributed by atoms with Crippen LogP contribution < -0.4 is 10.5 Å². The maximum Gasteiger partial charge on any atom is 0.222 e. The molecule has 23 heavy (non-hydrogen) atoms. The van der Waals surface area contributed by atoms with Crippen LogP contribution in [0.1, 0.15) is 39.2 Å². The Morgan fingerprint density at radius 2 is 2.09 bits per heavy atom. The molecule has 130 valence electrons. The van der Waals surface area contributed by atoms with E-state index in [2.05, 4.69) is 13.8 Å². The lowest BCUT2D eigenvalue weighted by molar-refractivity contribution is -0.134. The first kappa shape index (κ1) is 19.8. The van der Waals surface area contributed by atoms with Gasteiger partial charge in [0, 0.05) is 25.6 Å². The van der Waals surface area contributed by atoms with Crippen molar-refractivity contribution in [2.45, 2.75) is 46.1 Å². The summed E-state index contributed by atoms with van der Waals surface area (Å²) in [7, 11) is 0. The van der Waals surface area contributed by atoms with Gasteiger partial charge in [-0.25, -0.2) is 0 Å². The molecule has 4 nitrogen and oxygen atoms in total. The molecule has 0 bridgehead atoms. The molecule has 1 amide bonds. The zero-order valence-corrected chi connectivity index (χ0v) is 15.2. The Balaban J connectivity index is 0.00000264. The molecule has 1 aliphatic rings. The van der Waals surface area contributed by atoms with Crippen molar-refractivity contribution >= 4 is 18.3 Å². The number of carbonyl (C=O) groups excluding carboxylic acids is 1. The Morgan fingerprint density at radius 3 is 2.74 bits per heavy atom. The Hall–Kier alpha value is -1.26. The monoisotopic (exact) mass is 340 g/mol. The number of aryl methyl sites for hydroxylation is 1. The molecule has 1 aliphatic heterocycles. The molecule has 2 rings (SSSR count). The highest BCUT2D eigenvalue weighted by Gasteiger charge is 2.35. The number of likely N-dealkylation sites (tertiary alicyclic amines) is 1. The van der Waals surface area contributed by atoms with Crippen LogP contribution in [-0.2, 0) is 11.2 Å². The quantitative estimate of drug-likeness (QED) is 0.896. The zero-order valence-electron chi connectivity index (χ0n) is 14.4. The van der Waals surface area contributed by atoms with Gasteiger partial charge in [-0.2, -0.15) is 0 Å². The number of amides is 1. The van der Waals surface area contributed by atoms with Crippen molar-refractivity contribution in [1.29, 1.82) is 0 Å². The molecular formula is C18H29ClN2O2. The second-order valence-corrected chi connectivity index (χ2v) is 6.74. The molecule has 1 fully saturated rings. The standard InChI is InChI=1S/C18H28N2O2.ClH/c1-4-22-15-8-6-5-7-14(15)9-10-17(21)20-12-11-16(19)18(2,3)13-20;/h5-8,16H,4,9-13,19H2,1-3H3;1H. The number of ether oxygens (including phenoxy) is 1. The van der Waals surface area contributed by atoms with Crippen LogP contribution in [0.15, 0.2) is 24.3 Å². The van der Waals surface area contributed by atoms with Gasteiger partial charge < -0.3 is 15.4 Å². The summed E-state index contributed by atoms with van der Waals surface area (Å²) in [4.78, 5) is 14.4. The molecule has 1 heterocycles. The van der Waals surface area contributed by atoms with Gasteiger partial charge in [0.05, 0.1) is 6.61 Å². The summed E-state index contributed by atoms with van der Waals surface area (Å²) in [6.07, 6.45) is 2.13. The number of rotatable bonds is 5. The maximum atomic E-state index is 12.5. The highest BCUT2D eigenvalue weighted by atomic mass is 35.5. The third kappa shape index (κ3) is 5.11. The smallest absolute Gasteiger partial charge is 0.222 e. The van der Waals surface area contributed by atoms with Crippen LogP contribution in [0.2, 0.25) is 0 Å². The van der Waals surface area contributed by atoms with Crippen molar-refractivity contribution < 1.29 is 9.53 Å². The normalized spacial score (nSPS) is 19.8. The van der Waals surface area contributed by atoms with Gasteiger partial charge in [-0.1, -0.05) is 32.0 Å². The number of nitrogens with two attached hydrogens (primary N) is 1. The number of hydrogen-bond donors (Lipinski definition) is 1. The lowest BCUT2D eigenvalue weighted by Crippen LogP contribution is -2.54. The molecule has 1 saturated heterocycles. The zero-order chi connectivity index (χ0) is 16.2. The third-order valence-electron chi connectivity index (χ3n) is 4.55. The summed E-state index contributed by atoms with van der Waals surface area (Å²) >= 11 is 0. The number of para-hydroxylation sites is 1. The molecule has 5 heteroatoms. The van der Waals surface area contributed by atoms with Gasteiger partial charge >= 0.3 is 0 Å². The van der Waals surface area contributed by atoms with E-state index in [-0.39, 0.29) is 29.8 Å². The van der Waals surface area contributed by atoms with E-state index in [1.165, 1.54) is 0 Å². The summed E-state index contributed by atoms with van der Waals surface area (Å²) in [5, 5.41) is 0. The van der Waals surface area contributed by atoms with Gasteiger partial charge in [-0.3, -0.25) is 4.79 Å². The van der Waals surface area contributed by atoms with Crippen LogP contribution >= 0.6 is 12.4 Å². The van der Waals surface area contributed by atoms with Crippen molar-refractivity contribution in [2.75, 3.05) is 19.7 Å². The predicted octanol–water partition coefficient (Wildman–Crippen LogP) is 3.03. The van der Waals surface area contributed by atoms with E-state index in [1.54, 1.807) is 0 Å². The summed E-state index contributed by atoms with van der Waals surface area (Å²) < 4.78 is 5.62. The van der Waals surface area contributed by atoms with E-state index < -0.39 is 0 Å². The van der Waals surface area contributed by atoms with Gasteiger partial charge in [-0.15, -0.1) is 12.4 Å². The van der Waals surface area contributed by atoms with Crippen LogP contribution in [0.5, 0.6) is 5.75 Å². The van der Waals surface area contributed by atoms with Crippen LogP contribution in [0.3, 0.4) is 0 Å². The van der Waals surface area contributed by atoms with Gasteiger partial charge in [0.1, 0.15) is 5.75 Å². The molecule has 1 aromatic carbocycles. The van der Waals surface area contributed by atoms with E-state index in [4.69, 9.17) is 10.5 Å². The third-order valence-corrected chi connectivity index (χ3v) is 4.55. The number of piperidine rings is 1. The van der Waals surface area contributed by atoms with E-state index in [0.29, 0.717) is 13.0 Å². The first-order chi connectivity index (χ1) is 10.4. The molecule has 1 unspecified atom stereocenters. The number of halogens is 1. The summed E-state index contributed by atoms with van der Waals surface area (Å²) in [5.74, 6) is 1.10. The van der Waals surface area contributed by atoms with Gasteiger partial charge in [-0.05, 0) is 36.8 Å². The number of benzene rings is 1. The fourth-order valence-corrected chi connectivity index (χ4v) is 2.99. The average Bonchev–Trinajstić information content (AvgIpc) is 2.49. The Kier molecular flexibility index (Phi) is 7.36. The molecule has 0 spiro atoms. The van der Waals surface area contributed by atoms with E-state index in [1.807, 2.05) is 36.1 Å². The second-order valence-electron chi connectivity index (χ2n) is 6.74. The average molecular weight is 341 g/mol. The molecule has 0 aromatic heterocycles. The minimum absolute atomic E-state index is 0. The van der Waals surface area contributed by atoms with Crippen LogP contribution in [0.25, 0.3) is 0 Å². The summed E-state index contributed by atoms with van der Waals surface area (Å²) in [6, 6.07) is 8.13. The van der Waals surface area contributed by atoms with Crippen LogP contribution in [-0.4, -0.2) is 36.5 Å². The van der Waals surface area contributed by atoms with E-state index in [0.717, 1.165) is 37.2 Å². The molecule has 2 N–H and O–H groups in total. The second kappa shape index (κ2) is 8.55. The molecule has 0 saturated carbocycles. The Morgan fingerprint density at radius 1 is 1.39 bits per heavy atom. The Labute approximate surface area is 145 Å². The number of hydrogen-bond acceptors (Lipinski definition) is 3. The molecule has 1 atom stereocenters. The topological polar surface area (TPSA) is 55.6 Å². The maximum absolute atomic E-state index is 12.5. The van der Waals surface area contributed by atoms with Crippen molar-refractivity contribution in [3.05, 3.63) is 29.8 Å². The van der Waals surface area contributed by atoms with E-state index >= 15 is 0 Å². The molecule has 0 radical (unpaired) electrons. The highest BCUT2D eigenvalue weighted by molar-refractivity contribution is 5.85. The fourth-order valence-electron chi connectivity index (χ4n) is 2.99. The first-order valence-electron chi connectivity index (χ1n) is 8.18. The largest absolute Gasteiger partial charge is 0.494 e. The predicted molar refractivity (Wildman–Crippen MR) is 96.1 cm³/mol. The molecule has 0 aliphatic carbocycles. The molecular weight excluding hydrogens is 312 g/mol. The van der Waals surface area contributed by atoms with Gasteiger partial charge in [0.25, 0.3) is 0 Å². The van der Waals surface area contributed by atoms with Crippen molar-refractivity contribution in [2.24, 2.45) is 11.1 Å². The lowest BCUT2D eigenvalue weighted by Gasteiger charge is -2.42. The highest BCUT2D eigenvalue weighted by Crippen LogP contribution is 2.28. The summed E-state index contributed by atoms with van der Waals surface area (Å²) in [5.41, 5.74) is 7.24. The SMILES string of the molecule is CCOc1ccccc1CCC(=O)N1CCC(N)C(C)(C)C1.Cl. The lowest BCUT2D eigenvalue weighted by atomic mass is 9.79. The van der Waals surface area contributed by atoms with E-state index in [9.17, 15) is 4.79 Å². The van der Waals surface area contributed by atoms with Gasteiger partial charge in [0.2, 0.25) is 5.91 Å².